The molecule has 0 aromatic carbocycles. The summed E-state index contributed by atoms with van der Waals surface area (Å²) in [7, 11) is -4.92. The zero-order valence-corrected chi connectivity index (χ0v) is 5.83. The van der Waals surface area contributed by atoms with Crippen LogP contribution in [-0.4, -0.2) is 17.5 Å². The topological polar surface area (TPSA) is 112 Å². The zero-order chi connectivity index (χ0) is 4.50. The minimum Gasteiger partial charge on any atom is -0.726 e. The molecule has 0 amide bonds. The van der Waals surface area contributed by atoms with Gasteiger partial charge in [0.2, 0.25) is 10.4 Å². The molecule has 48 valence electrons. The van der Waals surface area contributed by atoms with Crippen LogP contribution >= 0.6 is 12.4 Å². The van der Waals surface area contributed by atoms with Crippen molar-refractivity contribution in [2.24, 2.45) is 0 Å². The van der Waals surface area contributed by atoms with Gasteiger partial charge in [0.25, 0.3) is 0 Å². The molecule has 0 rings (SSSR count). The third-order valence-electron chi connectivity index (χ3n) is 0. The average Bonchev–Trinajstić information content (AvgIpc) is 0.722. The van der Waals surface area contributed by atoms with Crippen molar-refractivity contribution >= 4 is 22.8 Å². The largest absolute Gasteiger partial charge is 1.00 e. The summed E-state index contributed by atoms with van der Waals surface area (Å²) in [6.45, 7) is 0. The van der Waals surface area contributed by atoms with Gasteiger partial charge in [-0.3, -0.25) is 4.55 Å². The van der Waals surface area contributed by atoms with Gasteiger partial charge in [-0.25, -0.2) is 8.42 Å². The Morgan fingerprint density at radius 2 is 1.38 bits per heavy atom. The fourth-order valence-electron chi connectivity index (χ4n) is 0. The van der Waals surface area contributed by atoms with Crippen LogP contribution in [0.15, 0.2) is 0 Å². The zero-order valence-electron chi connectivity index (χ0n) is 4.20. The van der Waals surface area contributed by atoms with Crippen molar-refractivity contribution in [3.63, 3.8) is 0 Å². The fourth-order valence-corrected chi connectivity index (χ4v) is 0. The smallest absolute Gasteiger partial charge is 0.726 e. The van der Waals surface area contributed by atoms with Gasteiger partial charge in [-0.1, -0.05) is 0 Å². The van der Waals surface area contributed by atoms with Crippen molar-refractivity contribution in [2.75, 3.05) is 0 Å². The first-order chi connectivity index (χ1) is 2.00. The molecular formula is H5ClLiNO4S. The molecule has 0 atom stereocenters. The first-order valence-corrected chi connectivity index (χ1v) is 2.05. The van der Waals surface area contributed by atoms with Gasteiger partial charge in [-0.2, -0.15) is 0 Å². The normalized spacial score (nSPS) is 7.25. The minimum atomic E-state index is -4.92. The Morgan fingerprint density at radius 3 is 1.38 bits per heavy atom. The molecule has 5 nitrogen and oxygen atoms in total. The summed E-state index contributed by atoms with van der Waals surface area (Å²) in [6.07, 6.45) is 0. The SMILES string of the molecule is Cl.N.O=S(=O)([O-])O.[Li+]. The Morgan fingerprint density at radius 1 is 1.38 bits per heavy atom. The standard InChI is InChI=1S/ClH.Li.H3N.H2O4S/c;;;1-5(2,3)4/h1H;;1H3;(H2,1,2,3,4)/q;+1;;/p-1. The first kappa shape index (κ1) is 23.3. The van der Waals surface area contributed by atoms with Crippen LogP contribution in [0.5, 0.6) is 0 Å². The predicted octanol–water partition coefficient (Wildman–Crippen LogP) is -3.41. The molecule has 0 aromatic heterocycles. The van der Waals surface area contributed by atoms with Crippen LogP contribution in [-0.2, 0) is 10.4 Å². The summed E-state index contributed by atoms with van der Waals surface area (Å²) in [5.41, 5.74) is 0. The van der Waals surface area contributed by atoms with Gasteiger partial charge in [0.05, 0.1) is 0 Å². The van der Waals surface area contributed by atoms with E-state index in [9.17, 15) is 0 Å². The summed E-state index contributed by atoms with van der Waals surface area (Å²) < 4.78 is 32.8. The number of hydrogen-bond acceptors (Lipinski definition) is 4. The molecule has 0 aliphatic carbocycles. The van der Waals surface area contributed by atoms with Gasteiger partial charge in [0, 0.05) is 0 Å². The van der Waals surface area contributed by atoms with E-state index in [1.165, 1.54) is 0 Å². The van der Waals surface area contributed by atoms with Crippen LogP contribution in [0.4, 0.5) is 0 Å². The van der Waals surface area contributed by atoms with E-state index in [0.717, 1.165) is 0 Å². The van der Waals surface area contributed by atoms with Crippen molar-refractivity contribution in [3.8, 4) is 0 Å². The van der Waals surface area contributed by atoms with Crippen molar-refractivity contribution in [2.45, 2.75) is 0 Å². The maximum Gasteiger partial charge on any atom is 1.00 e. The van der Waals surface area contributed by atoms with E-state index in [4.69, 9.17) is 17.5 Å². The van der Waals surface area contributed by atoms with Gasteiger partial charge in [-0.15, -0.1) is 12.4 Å². The summed E-state index contributed by atoms with van der Waals surface area (Å²) >= 11 is 0. The van der Waals surface area contributed by atoms with E-state index in [1.807, 2.05) is 0 Å². The number of rotatable bonds is 0. The molecular weight excluding hydrogens is 152 g/mol. The molecule has 0 heterocycles. The molecule has 0 saturated carbocycles. The Bertz CT molecular complexity index is 99.2. The second kappa shape index (κ2) is 7.72. The van der Waals surface area contributed by atoms with E-state index < -0.39 is 10.4 Å². The number of hydrogen-bond donors (Lipinski definition) is 2. The third kappa shape index (κ3) is 427. The molecule has 0 spiro atoms. The predicted molar refractivity (Wildman–Crippen MR) is 24.6 cm³/mol. The van der Waals surface area contributed by atoms with E-state index >= 15 is 0 Å². The summed E-state index contributed by atoms with van der Waals surface area (Å²) in [5.74, 6) is 0. The van der Waals surface area contributed by atoms with Gasteiger partial charge >= 0.3 is 18.9 Å². The maximum atomic E-state index is 8.63. The van der Waals surface area contributed by atoms with E-state index in [2.05, 4.69) is 0 Å². The Hall–Kier alpha value is 0.717. The molecule has 4 N–H and O–H groups in total. The number of halogens is 1. The van der Waals surface area contributed by atoms with Crippen LogP contribution < -0.4 is 25.0 Å². The molecule has 0 aliphatic heterocycles. The second-order valence-corrected chi connectivity index (χ2v) is 1.28. The van der Waals surface area contributed by atoms with E-state index in [1.54, 1.807) is 0 Å². The Balaban J connectivity index is -0.0000000267. The molecule has 0 radical (unpaired) electrons. The molecule has 0 unspecified atom stereocenters. The second-order valence-electron chi connectivity index (χ2n) is 0.428. The molecule has 8 heavy (non-hydrogen) atoms. The summed E-state index contributed by atoms with van der Waals surface area (Å²) in [6, 6.07) is 0. The Kier molecular flexibility index (Phi) is 22.5. The van der Waals surface area contributed by atoms with Gasteiger partial charge in [-0.05, 0) is 0 Å². The fraction of sp³-hybridized carbons (Fsp3) is 0. The van der Waals surface area contributed by atoms with Crippen LogP contribution in [0.2, 0.25) is 0 Å². The van der Waals surface area contributed by atoms with Crippen molar-refractivity contribution in [1.29, 1.82) is 0 Å². The molecule has 8 heteroatoms. The first-order valence-electron chi connectivity index (χ1n) is 0.683. The average molecular weight is 158 g/mol. The van der Waals surface area contributed by atoms with Crippen molar-refractivity contribution in [3.05, 3.63) is 0 Å². The molecule has 0 saturated heterocycles. The molecule has 0 aliphatic rings. The maximum absolute atomic E-state index is 8.63. The van der Waals surface area contributed by atoms with Crippen LogP contribution in [0.1, 0.15) is 0 Å². The van der Waals surface area contributed by atoms with Gasteiger partial charge in [0.1, 0.15) is 0 Å². The van der Waals surface area contributed by atoms with Crippen LogP contribution in [0.3, 0.4) is 0 Å². The minimum absolute atomic E-state index is 0. The summed E-state index contributed by atoms with van der Waals surface area (Å²) in [5, 5.41) is 0. The summed E-state index contributed by atoms with van der Waals surface area (Å²) in [4.78, 5) is 0. The quantitative estimate of drug-likeness (QED) is 0.216. The van der Waals surface area contributed by atoms with Crippen LogP contribution in [0, 0.1) is 0 Å². The van der Waals surface area contributed by atoms with Gasteiger partial charge < -0.3 is 10.7 Å². The molecule has 0 bridgehead atoms. The monoisotopic (exact) mass is 157 g/mol. The van der Waals surface area contributed by atoms with E-state index in [-0.39, 0.29) is 37.4 Å². The molecule has 0 fully saturated rings. The third-order valence-corrected chi connectivity index (χ3v) is 0. The van der Waals surface area contributed by atoms with Crippen molar-refractivity contribution in [1.82, 2.24) is 6.15 Å². The van der Waals surface area contributed by atoms with Gasteiger partial charge in [0.15, 0.2) is 0 Å². The molecule has 0 aromatic rings. The van der Waals surface area contributed by atoms with Crippen LogP contribution in [0.25, 0.3) is 0 Å². The van der Waals surface area contributed by atoms with E-state index in [0.29, 0.717) is 0 Å². The Labute approximate surface area is 65.6 Å². The van der Waals surface area contributed by atoms with Crippen molar-refractivity contribution < 1.29 is 36.4 Å².